The number of hydrogen-bond donors (Lipinski definition) is 1. The van der Waals surface area contributed by atoms with Crippen molar-refractivity contribution in [3.63, 3.8) is 0 Å². The van der Waals surface area contributed by atoms with Crippen molar-refractivity contribution in [2.75, 3.05) is 49.6 Å². The molecule has 3 rings (SSSR count). The first kappa shape index (κ1) is 22.4. The number of rotatable bonds is 7. The van der Waals surface area contributed by atoms with E-state index in [2.05, 4.69) is 20.3 Å². The van der Waals surface area contributed by atoms with Gasteiger partial charge in [-0.05, 0) is 26.0 Å². The molecule has 10 nitrogen and oxygen atoms in total. The van der Waals surface area contributed by atoms with E-state index < -0.39 is 24.9 Å². The van der Waals surface area contributed by atoms with Crippen molar-refractivity contribution < 1.29 is 31.9 Å². The number of nitrogens with zero attached hydrogens (tertiary/aromatic N) is 5. The summed E-state index contributed by atoms with van der Waals surface area (Å²) in [5.74, 6) is 1.53. The van der Waals surface area contributed by atoms with Gasteiger partial charge in [-0.1, -0.05) is 0 Å². The second-order valence-electron chi connectivity index (χ2n) is 6.68. The maximum atomic E-state index is 12.6. The Hall–Kier alpha value is -3.25. The SMILES string of the molecule is CCOC(=O)N1CCN(c2nc(NCc3ccc(C)o3)nc(OCC(F)(F)F)n2)CC1. The average Bonchev–Trinajstić information content (AvgIpc) is 3.16. The minimum atomic E-state index is -4.53. The highest BCUT2D eigenvalue weighted by atomic mass is 19.4. The van der Waals surface area contributed by atoms with E-state index in [9.17, 15) is 18.0 Å². The summed E-state index contributed by atoms with van der Waals surface area (Å²) in [6, 6.07) is 3.10. The molecule has 0 spiro atoms. The van der Waals surface area contributed by atoms with Gasteiger partial charge in [0.1, 0.15) is 11.5 Å². The molecule has 0 aliphatic carbocycles. The maximum absolute atomic E-state index is 12.6. The Labute approximate surface area is 176 Å². The smallest absolute Gasteiger partial charge is 0.422 e. The normalized spacial score (nSPS) is 14.5. The van der Waals surface area contributed by atoms with Gasteiger partial charge >= 0.3 is 18.3 Å². The van der Waals surface area contributed by atoms with Crippen LogP contribution in [0.4, 0.5) is 29.9 Å². The fraction of sp³-hybridized carbons (Fsp3) is 0.556. The molecule has 13 heteroatoms. The van der Waals surface area contributed by atoms with Gasteiger partial charge in [0, 0.05) is 26.2 Å². The minimum absolute atomic E-state index is 0.0454. The van der Waals surface area contributed by atoms with Crippen LogP contribution in [0.2, 0.25) is 0 Å². The number of carbonyl (C=O) groups excluding carboxylic acids is 1. The maximum Gasteiger partial charge on any atom is 0.422 e. The molecule has 3 heterocycles. The zero-order valence-electron chi connectivity index (χ0n) is 17.1. The molecule has 0 atom stereocenters. The lowest BCUT2D eigenvalue weighted by atomic mass is 10.3. The largest absolute Gasteiger partial charge is 0.465 e. The van der Waals surface area contributed by atoms with E-state index in [-0.39, 0.29) is 25.0 Å². The topological polar surface area (TPSA) is 106 Å². The molecule has 0 bridgehead atoms. The molecule has 0 saturated carbocycles. The molecule has 1 aliphatic rings. The summed E-state index contributed by atoms with van der Waals surface area (Å²) in [4.78, 5) is 27.3. The standard InChI is InChI=1S/C18H23F3N6O4/c1-3-29-17(28)27-8-6-26(7-9-27)15-23-14(22-10-13-5-4-12(2)31-13)24-16(25-15)30-11-18(19,20)21/h4-5H,3,6-11H2,1-2H3,(H,22,23,24,25). The van der Waals surface area contributed by atoms with Gasteiger partial charge in [-0.3, -0.25) is 0 Å². The van der Waals surface area contributed by atoms with Gasteiger partial charge in [0.05, 0.1) is 13.2 Å². The molecule has 1 fully saturated rings. The number of alkyl halides is 3. The lowest BCUT2D eigenvalue weighted by Crippen LogP contribution is -2.49. The van der Waals surface area contributed by atoms with Crippen LogP contribution in [-0.2, 0) is 11.3 Å². The first-order valence-corrected chi connectivity index (χ1v) is 9.65. The Morgan fingerprint density at radius 1 is 1.19 bits per heavy atom. The van der Waals surface area contributed by atoms with Crippen LogP contribution in [0.5, 0.6) is 6.01 Å². The summed E-state index contributed by atoms with van der Waals surface area (Å²) in [6.45, 7) is 3.96. The molecule has 2 aromatic rings. The molecule has 0 unspecified atom stereocenters. The van der Waals surface area contributed by atoms with E-state index in [1.165, 1.54) is 0 Å². The first-order chi connectivity index (χ1) is 14.7. The second kappa shape index (κ2) is 9.71. The first-order valence-electron chi connectivity index (χ1n) is 9.65. The molecule has 2 aromatic heterocycles. The zero-order chi connectivity index (χ0) is 22.4. The van der Waals surface area contributed by atoms with E-state index in [4.69, 9.17) is 13.9 Å². The highest BCUT2D eigenvalue weighted by Crippen LogP contribution is 2.21. The summed E-state index contributed by atoms with van der Waals surface area (Å²) in [6.07, 6.45) is -4.94. The molecule has 31 heavy (non-hydrogen) atoms. The van der Waals surface area contributed by atoms with Crippen LogP contribution in [0, 0.1) is 6.92 Å². The summed E-state index contributed by atoms with van der Waals surface area (Å²) in [5.41, 5.74) is 0. The Kier molecular flexibility index (Phi) is 7.02. The van der Waals surface area contributed by atoms with Crippen molar-refractivity contribution in [1.29, 1.82) is 0 Å². The van der Waals surface area contributed by atoms with Crippen LogP contribution in [0.25, 0.3) is 0 Å². The van der Waals surface area contributed by atoms with Crippen LogP contribution < -0.4 is 15.0 Å². The summed E-state index contributed by atoms with van der Waals surface area (Å²) >= 11 is 0. The predicted molar refractivity (Wildman–Crippen MR) is 103 cm³/mol. The van der Waals surface area contributed by atoms with Crippen molar-refractivity contribution in [3.05, 3.63) is 23.7 Å². The Morgan fingerprint density at radius 2 is 1.94 bits per heavy atom. The second-order valence-corrected chi connectivity index (χ2v) is 6.68. The summed E-state index contributed by atoms with van der Waals surface area (Å²) < 4.78 is 52.9. The van der Waals surface area contributed by atoms with Crippen molar-refractivity contribution in [3.8, 4) is 6.01 Å². The third-order valence-corrected chi connectivity index (χ3v) is 4.27. The van der Waals surface area contributed by atoms with Crippen molar-refractivity contribution in [2.45, 2.75) is 26.6 Å². The number of amides is 1. The van der Waals surface area contributed by atoms with Crippen LogP contribution in [0.15, 0.2) is 16.5 Å². The number of ether oxygens (including phenoxy) is 2. The van der Waals surface area contributed by atoms with Gasteiger partial charge in [-0.25, -0.2) is 4.79 Å². The molecule has 0 aromatic carbocycles. The van der Waals surface area contributed by atoms with E-state index >= 15 is 0 Å². The number of piperazine rings is 1. The number of hydrogen-bond acceptors (Lipinski definition) is 9. The molecular weight excluding hydrogens is 421 g/mol. The number of furan rings is 1. The molecule has 1 saturated heterocycles. The number of aromatic nitrogens is 3. The van der Waals surface area contributed by atoms with Gasteiger partial charge in [-0.2, -0.15) is 28.1 Å². The Morgan fingerprint density at radius 3 is 2.55 bits per heavy atom. The highest BCUT2D eigenvalue weighted by Gasteiger charge is 2.30. The van der Waals surface area contributed by atoms with E-state index in [0.717, 1.165) is 5.76 Å². The van der Waals surface area contributed by atoms with Gasteiger partial charge in [0.15, 0.2) is 6.61 Å². The van der Waals surface area contributed by atoms with Crippen molar-refractivity contribution in [2.24, 2.45) is 0 Å². The van der Waals surface area contributed by atoms with Crippen LogP contribution in [-0.4, -0.2) is 71.5 Å². The van der Waals surface area contributed by atoms with Crippen molar-refractivity contribution >= 4 is 18.0 Å². The molecule has 170 valence electrons. The number of aryl methyl sites for hydroxylation is 1. The van der Waals surface area contributed by atoms with Crippen LogP contribution in [0.1, 0.15) is 18.4 Å². The fourth-order valence-corrected chi connectivity index (χ4v) is 2.83. The average molecular weight is 444 g/mol. The van der Waals surface area contributed by atoms with Gasteiger partial charge in [0.25, 0.3) is 0 Å². The number of anilines is 2. The molecular formula is C18H23F3N6O4. The number of carbonyl (C=O) groups is 1. The molecule has 1 amide bonds. The van der Waals surface area contributed by atoms with Crippen LogP contribution in [0.3, 0.4) is 0 Å². The minimum Gasteiger partial charge on any atom is -0.465 e. The lowest BCUT2D eigenvalue weighted by molar-refractivity contribution is -0.154. The van der Waals surface area contributed by atoms with E-state index in [0.29, 0.717) is 31.9 Å². The highest BCUT2D eigenvalue weighted by molar-refractivity contribution is 5.68. The van der Waals surface area contributed by atoms with Gasteiger partial charge in [0.2, 0.25) is 11.9 Å². The predicted octanol–water partition coefficient (Wildman–Crippen LogP) is 2.60. The number of halogens is 3. The van der Waals surface area contributed by atoms with Crippen LogP contribution >= 0.6 is 0 Å². The van der Waals surface area contributed by atoms with Gasteiger partial charge in [-0.15, -0.1) is 0 Å². The Bertz CT molecular complexity index is 883. The molecule has 0 radical (unpaired) electrons. The summed E-state index contributed by atoms with van der Waals surface area (Å²) in [5, 5.41) is 2.91. The third kappa shape index (κ3) is 6.62. The van der Waals surface area contributed by atoms with Crippen molar-refractivity contribution in [1.82, 2.24) is 19.9 Å². The monoisotopic (exact) mass is 444 g/mol. The molecule has 1 aliphatic heterocycles. The fourth-order valence-electron chi connectivity index (χ4n) is 2.83. The molecule has 1 N–H and O–H groups in total. The van der Waals surface area contributed by atoms with E-state index in [1.54, 1.807) is 35.8 Å². The number of nitrogens with one attached hydrogen (secondary N) is 1. The lowest BCUT2D eigenvalue weighted by Gasteiger charge is -2.34. The van der Waals surface area contributed by atoms with Gasteiger partial charge < -0.3 is 29.0 Å². The third-order valence-electron chi connectivity index (χ3n) is 4.27. The van der Waals surface area contributed by atoms with E-state index in [1.807, 2.05) is 0 Å². The zero-order valence-corrected chi connectivity index (χ0v) is 17.1. The summed E-state index contributed by atoms with van der Waals surface area (Å²) in [7, 11) is 0. The Balaban J connectivity index is 1.72. The quantitative estimate of drug-likeness (QED) is 0.690.